The van der Waals surface area contributed by atoms with E-state index in [1.807, 2.05) is 6.08 Å². The molecule has 0 radical (unpaired) electrons. The van der Waals surface area contributed by atoms with Crippen LogP contribution in [0.15, 0.2) is 85.1 Å². The summed E-state index contributed by atoms with van der Waals surface area (Å²) in [5.41, 5.74) is 0. The van der Waals surface area contributed by atoms with Crippen LogP contribution in [-0.4, -0.2) is 99.6 Å². The molecule has 1 aliphatic rings. The number of hydrogen-bond acceptors (Lipinski definition) is 10. The van der Waals surface area contributed by atoms with E-state index in [9.17, 15) is 35.1 Å². The predicted octanol–water partition coefficient (Wildman–Crippen LogP) is 16.5. The molecule has 0 saturated carbocycles. The van der Waals surface area contributed by atoms with E-state index in [0.29, 0.717) is 12.8 Å². The van der Waals surface area contributed by atoms with Crippen molar-refractivity contribution in [2.24, 2.45) is 0 Å². The Morgan fingerprint density at radius 1 is 0.481 bits per heavy atom. The van der Waals surface area contributed by atoms with Crippen LogP contribution in [0.5, 0.6) is 0 Å². The number of carbonyl (C=O) groups excluding carboxylic acids is 2. The molecule has 1 fully saturated rings. The number of aliphatic hydroxyl groups is 5. The minimum atomic E-state index is -1.62. The summed E-state index contributed by atoms with van der Waals surface area (Å²) in [7, 11) is 0. The number of aliphatic hydroxyl groups excluding tert-OH is 5. The minimum absolute atomic E-state index is 0.111. The first kappa shape index (κ1) is 75.9. The molecule has 0 aromatic carbocycles. The molecule has 1 rings (SSSR count). The zero-order valence-corrected chi connectivity index (χ0v) is 51.9. The first-order valence-electron chi connectivity index (χ1n) is 33.4. The summed E-state index contributed by atoms with van der Waals surface area (Å²) in [5, 5.41) is 57.1. The lowest BCUT2D eigenvalue weighted by Gasteiger charge is -2.41. The fourth-order valence-electron chi connectivity index (χ4n) is 9.96. The molecule has 1 saturated heterocycles. The molecule has 0 aliphatic carbocycles. The summed E-state index contributed by atoms with van der Waals surface area (Å²) in [4.78, 5) is 26.6. The highest BCUT2D eigenvalue weighted by Crippen LogP contribution is 2.26. The highest BCUT2D eigenvalue weighted by atomic mass is 16.7. The van der Waals surface area contributed by atoms with Gasteiger partial charge in [0.2, 0.25) is 5.91 Å². The molecule has 0 aromatic rings. The van der Waals surface area contributed by atoms with Crippen LogP contribution >= 0.6 is 0 Å². The van der Waals surface area contributed by atoms with Crippen LogP contribution in [0.2, 0.25) is 0 Å². The maximum absolute atomic E-state index is 13.5. The SMILES string of the molecule is CCCCC/C=C\C/C=C\C/C=C\C/C=C\CCCCCCCCCCC(O)C(=O)NC(COC1OC(CO)C(O)C(O)C1OC(=O)CCCCCCCCC/C=C\C/C=C\CCCCC)C(O)/C=C/CCCCCCCCCCC. The van der Waals surface area contributed by atoms with Crippen LogP contribution in [0.3, 0.4) is 0 Å². The molecular weight excluding hydrogens is 1010 g/mol. The molecule has 81 heavy (non-hydrogen) atoms. The Labute approximate surface area is 495 Å². The highest BCUT2D eigenvalue weighted by Gasteiger charge is 2.47. The summed E-state index contributed by atoms with van der Waals surface area (Å²) < 4.78 is 17.6. The molecule has 468 valence electrons. The van der Waals surface area contributed by atoms with Crippen LogP contribution in [0.25, 0.3) is 0 Å². The second kappa shape index (κ2) is 57.3. The molecule has 1 heterocycles. The molecule has 0 aromatic heterocycles. The molecular formula is C70H123NO10. The van der Waals surface area contributed by atoms with Crippen LogP contribution in [0.1, 0.15) is 284 Å². The van der Waals surface area contributed by atoms with Crippen molar-refractivity contribution in [1.82, 2.24) is 5.32 Å². The Bertz CT molecular complexity index is 1640. The number of esters is 1. The number of unbranched alkanes of at least 4 members (excludes halogenated alkanes) is 30. The summed E-state index contributed by atoms with van der Waals surface area (Å²) in [6.07, 6.45) is 64.7. The normalized spacial score (nSPS) is 19.2. The maximum Gasteiger partial charge on any atom is 0.306 e. The van der Waals surface area contributed by atoms with E-state index in [-0.39, 0.29) is 19.4 Å². The zero-order valence-electron chi connectivity index (χ0n) is 51.9. The van der Waals surface area contributed by atoms with E-state index in [1.54, 1.807) is 6.08 Å². The number of hydrogen-bond donors (Lipinski definition) is 6. The van der Waals surface area contributed by atoms with Gasteiger partial charge < -0.3 is 45.1 Å². The van der Waals surface area contributed by atoms with E-state index in [2.05, 4.69) is 99.0 Å². The summed E-state index contributed by atoms with van der Waals surface area (Å²) >= 11 is 0. The van der Waals surface area contributed by atoms with Gasteiger partial charge in [-0.25, -0.2) is 0 Å². The molecule has 1 aliphatic heterocycles. The van der Waals surface area contributed by atoms with Gasteiger partial charge in [-0.1, -0.05) is 260 Å². The Hall–Kier alpha value is -3.16. The number of nitrogens with one attached hydrogen (secondary N) is 1. The summed E-state index contributed by atoms with van der Waals surface area (Å²) in [5.74, 6) is -1.21. The molecule has 8 unspecified atom stereocenters. The molecule has 8 atom stereocenters. The van der Waals surface area contributed by atoms with E-state index >= 15 is 0 Å². The topological polar surface area (TPSA) is 175 Å². The van der Waals surface area contributed by atoms with Gasteiger partial charge in [-0.3, -0.25) is 9.59 Å². The molecule has 1 amide bonds. The first-order valence-corrected chi connectivity index (χ1v) is 33.4. The van der Waals surface area contributed by atoms with Crippen molar-refractivity contribution >= 4 is 11.9 Å². The Kier molecular flexibility index (Phi) is 53.6. The van der Waals surface area contributed by atoms with Crippen LogP contribution in [0.4, 0.5) is 0 Å². The third-order valence-corrected chi connectivity index (χ3v) is 15.3. The summed E-state index contributed by atoms with van der Waals surface area (Å²) in [6.45, 7) is 5.73. The van der Waals surface area contributed by atoms with Crippen molar-refractivity contribution in [3.8, 4) is 0 Å². The van der Waals surface area contributed by atoms with Gasteiger partial charge in [0.05, 0.1) is 25.4 Å². The van der Waals surface area contributed by atoms with Crippen LogP contribution in [-0.2, 0) is 23.8 Å². The van der Waals surface area contributed by atoms with Crippen molar-refractivity contribution in [3.63, 3.8) is 0 Å². The molecule has 11 heteroatoms. The lowest BCUT2D eigenvalue weighted by atomic mass is 9.99. The van der Waals surface area contributed by atoms with E-state index in [0.717, 1.165) is 103 Å². The van der Waals surface area contributed by atoms with Gasteiger partial charge in [0, 0.05) is 6.42 Å². The average molecular weight is 1140 g/mol. The van der Waals surface area contributed by atoms with Gasteiger partial charge in [-0.05, 0) is 103 Å². The highest BCUT2D eigenvalue weighted by molar-refractivity contribution is 5.80. The van der Waals surface area contributed by atoms with Crippen molar-refractivity contribution in [3.05, 3.63) is 85.1 Å². The number of allylic oxidation sites excluding steroid dienone is 13. The molecule has 0 bridgehead atoms. The molecule has 0 spiro atoms. The van der Waals surface area contributed by atoms with Gasteiger partial charge in [0.1, 0.15) is 24.4 Å². The Balaban J connectivity index is 2.61. The molecule has 6 N–H and O–H groups in total. The Morgan fingerprint density at radius 2 is 0.852 bits per heavy atom. The average Bonchev–Trinajstić information content (AvgIpc) is 3.50. The number of rotatable bonds is 56. The van der Waals surface area contributed by atoms with Gasteiger partial charge in [-0.2, -0.15) is 0 Å². The molecule has 11 nitrogen and oxygen atoms in total. The van der Waals surface area contributed by atoms with E-state index in [4.69, 9.17) is 14.2 Å². The van der Waals surface area contributed by atoms with Gasteiger partial charge in [0.25, 0.3) is 0 Å². The second-order valence-electron chi connectivity index (χ2n) is 22.8. The number of amides is 1. The van der Waals surface area contributed by atoms with E-state index in [1.165, 1.54) is 135 Å². The van der Waals surface area contributed by atoms with Crippen LogP contribution < -0.4 is 5.32 Å². The second-order valence-corrected chi connectivity index (χ2v) is 22.8. The summed E-state index contributed by atoms with van der Waals surface area (Å²) in [6, 6.07) is -1.03. The van der Waals surface area contributed by atoms with Crippen molar-refractivity contribution < 1.29 is 49.3 Å². The number of ether oxygens (including phenoxy) is 3. The fourth-order valence-corrected chi connectivity index (χ4v) is 9.96. The van der Waals surface area contributed by atoms with Crippen molar-refractivity contribution in [2.75, 3.05) is 13.2 Å². The fraction of sp³-hybridized carbons (Fsp3) is 0.771. The van der Waals surface area contributed by atoms with Gasteiger partial charge in [-0.15, -0.1) is 0 Å². The van der Waals surface area contributed by atoms with Gasteiger partial charge in [0.15, 0.2) is 12.4 Å². The first-order chi connectivity index (χ1) is 39.7. The van der Waals surface area contributed by atoms with Crippen molar-refractivity contribution in [2.45, 2.75) is 333 Å². The lowest BCUT2D eigenvalue weighted by Crippen LogP contribution is -2.61. The van der Waals surface area contributed by atoms with Gasteiger partial charge >= 0.3 is 5.97 Å². The number of carbonyl (C=O) groups is 2. The predicted molar refractivity (Wildman–Crippen MR) is 338 cm³/mol. The third kappa shape index (κ3) is 45.0. The quantitative estimate of drug-likeness (QED) is 0.0195. The van der Waals surface area contributed by atoms with Crippen LogP contribution in [0, 0.1) is 0 Å². The standard InChI is InChI=1S/C70H123NO10/c1-4-7-10-13-16-19-22-24-26-28-29-30-31-32-33-34-36-37-39-42-45-48-51-54-57-63(74)69(78)71-61(62(73)56-53-50-47-44-41-21-18-15-12-9-6-3)60-79-70-68(67(77)66(76)64(59-72)80-70)81-65(75)58-55-52-49-46-43-40-38-35-27-25-23-20-17-14-11-8-5-2/h16-17,19-20,24-27,29-30,32-33,53,56,61-64,66-68,70,72-74,76-77H,4-15,18,21-23,28,31,34-52,54-55,57-60H2,1-3H3,(H,71,78)/b19-16-,20-17-,26-24-,27-25-,30-29-,33-32-,56-53+. The van der Waals surface area contributed by atoms with E-state index < -0.39 is 67.4 Å². The monoisotopic (exact) mass is 1140 g/mol. The largest absolute Gasteiger partial charge is 0.454 e. The lowest BCUT2D eigenvalue weighted by molar-refractivity contribution is -0.305. The zero-order chi connectivity index (χ0) is 58.9. The smallest absolute Gasteiger partial charge is 0.306 e. The third-order valence-electron chi connectivity index (χ3n) is 15.3. The minimum Gasteiger partial charge on any atom is -0.454 e. The van der Waals surface area contributed by atoms with Crippen molar-refractivity contribution in [1.29, 1.82) is 0 Å². The maximum atomic E-state index is 13.5. The Morgan fingerprint density at radius 3 is 1.30 bits per heavy atom.